The van der Waals surface area contributed by atoms with Crippen LogP contribution in [0.25, 0.3) is 0 Å². The third-order valence-corrected chi connectivity index (χ3v) is 4.46. The highest BCUT2D eigenvalue weighted by molar-refractivity contribution is 6.29. The van der Waals surface area contributed by atoms with Crippen LogP contribution in [0.15, 0.2) is 6.07 Å². The predicted octanol–water partition coefficient (Wildman–Crippen LogP) is 3.15. The number of halogens is 1. The number of anilines is 1. The van der Waals surface area contributed by atoms with E-state index < -0.39 is 0 Å². The second-order valence-corrected chi connectivity index (χ2v) is 6.55. The van der Waals surface area contributed by atoms with Crippen molar-refractivity contribution in [2.75, 3.05) is 31.5 Å². The summed E-state index contributed by atoms with van der Waals surface area (Å²) in [7, 11) is 0. The first-order valence-corrected chi connectivity index (χ1v) is 8.09. The maximum atomic E-state index is 6.06. The second-order valence-electron chi connectivity index (χ2n) is 6.16. The number of hydrogen-bond acceptors (Lipinski definition) is 4. The number of likely N-dealkylation sites (tertiary alicyclic amines) is 1. The van der Waals surface area contributed by atoms with Crippen molar-refractivity contribution in [3.05, 3.63) is 17.0 Å². The number of nitrogens with one attached hydrogen (secondary N) is 1. The molecule has 1 aliphatic carbocycles. The molecule has 0 amide bonds. The summed E-state index contributed by atoms with van der Waals surface area (Å²) in [5.41, 5.74) is 0. The van der Waals surface area contributed by atoms with Crippen LogP contribution in [0.5, 0.6) is 0 Å². The van der Waals surface area contributed by atoms with E-state index in [0.717, 1.165) is 30.6 Å². The van der Waals surface area contributed by atoms with Gasteiger partial charge >= 0.3 is 0 Å². The minimum atomic E-state index is 0.540. The van der Waals surface area contributed by atoms with Gasteiger partial charge in [0.15, 0.2) is 0 Å². The molecule has 2 fully saturated rings. The third kappa shape index (κ3) is 3.83. The third-order valence-electron chi connectivity index (χ3n) is 4.27. The summed E-state index contributed by atoms with van der Waals surface area (Å²) in [6, 6.07) is 1.83. The van der Waals surface area contributed by atoms with E-state index >= 15 is 0 Å². The SMILES string of the molecule is CC1CCN(CCNc2cc(Cl)nc(C3CC3)n2)CC1. The maximum Gasteiger partial charge on any atom is 0.135 e. The largest absolute Gasteiger partial charge is 0.369 e. The molecule has 3 rings (SSSR count). The van der Waals surface area contributed by atoms with Crippen molar-refractivity contribution in [2.24, 2.45) is 5.92 Å². The molecule has 110 valence electrons. The Balaban J connectivity index is 1.48. The lowest BCUT2D eigenvalue weighted by Crippen LogP contribution is -2.36. The molecule has 0 aromatic carbocycles. The molecule has 0 unspecified atom stereocenters. The highest BCUT2D eigenvalue weighted by Gasteiger charge is 2.27. The van der Waals surface area contributed by atoms with Gasteiger partial charge in [0.05, 0.1) is 0 Å². The summed E-state index contributed by atoms with van der Waals surface area (Å²) in [6.07, 6.45) is 5.05. The molecular weight excluding hydrogens is 272 g/mol. The molecule has 2 aliphatic rings. The molecular formula is C15H23ClN4. The van der Waals surface area contributed by atoms with Crippen LogP contribution in [0.3, 0.4) is 0 Å². The molecule has 4 nitrogen and oxygen atoms in total. The van der Waals surface area contributed by atoms with E-state index in [1.54, 1.807) is 0 Å². The number of rotatable bonds is 5. The topological polar surface area (TPSA) is 41.0 Å². The van der Waals surface area contributed by atoms with Crippen molar-refractivity contribution in [1.82, 2.24) is 14.9 Å². The molecule has 0 bridgehead atoms. The van der Waals surface area contributed by atoms with E-state index in [2.05, 4.69) is 27.1 Å². The molecule has 1 aromatic rings. The first kappa shape index (κ1) is 14.1. The van der Waals surface area contributed by atoms with E-state index in [1.165, 1.54) is 38.8 Å². The van der Waals surface area contributed by atoms with Crippen LogP contribution in [-0.2, 0) is 0 Å². The Kier molecular flexibility index (Phi) is 4.41. The van der Waals surface area contributed by atoms with Crippen molar-refractivity contribution < 1.29 is 0 Å². The normalized spacial score (nSPS) is 21.1. The van der Waals surface area contributed by atoms with Crippen molar-refractivity contribution in [3.8, 4) is 0 Å². The van der Waals surface area contributed by atoms with Crippen molar-refractivity contribution in [2.45, 2.75) is 38.5 Å². The molecule has 1 aromatic heterocycles. The second kappa shape index (κ2) is 6.27. The van der Waals surface area contributed by atoms with Gasteiger partial charge in [0.25, 0.3) is 0 Å². The van der Waals surface area contributed by atoms with Crippen LogP contribution in [0.2, 0.25) is 5.15 Å². The van der Waals surface area contributed by atoms with Crippen LogP contribution in [0, 0.1) is 5.92 Å². The minimum absolute atomic E-state index is 0.540. The van der Waals surface area contributed by atoms with Crippen molar-refractivity contribution >= 4 is 17.4 Å². The number of nitrogens with zero attached hydrogens (tertiary/aromatic N) is 3. The Hall–Kier alpha value is -0.870. The van der Waals surface area contributed by atoms with E-state index in [0.29, 0.717) is 11.1 Å². The highest BCUT2D eigenvalue weighted by atomic mass is 35.5. The Bertz CT molecular complexity index is 453. The number of hydrogen-bond donors (Lipinski definition) is 1. The zero-order valence-electron chi connectivity index (χ0n) is 12.1. The molecule has 2 heterocycles. The first-order chi connectivity index (χ1) is 9.70. The van der Waals surface area contributed by atoms with Gasteiger partial charge < -0.3 is 10.2 Å². The first-order valence-electron chi connectivity index (χ1n) is 7.71. The van der Waals surface area contributed by atoms with Gasteiger partial charge in [0.2, 0.25) is 0 Å². The quantitative estimate of drug-likeness (QED) is 0.847. The molecule has 0 radical (unpaired) electrons. The summed E-state index contributed by atoms with van der Waals surface area (Å²) in [5.74, 6) is 3.21. The highest BCUT2D eigenvalue weighted by Crippen LogP contribution is 2.38. The van der Waals surface area contributed by atoms with Gasteiger partial charge in [-0.3, -0.25) is 0 Å². The van der Waals surface area contributed by atoms with E-state index in [1.807, 2.05) is 6.07 Å². The molecule has 0 spiro atoms. The monoisotopic (exact) mass is 294 g/mol. The van der Waals surface area contributed by atoms with Gasteiger partial charge in [-0.2, -0.15) is 0 Å². The standard InChI is InChI=1S/C15H23ClN4/c1-11-4-7-20(8-5-11)9-6-17-14-10-13(16)18-15(19-14)12-2-3-12/h10-12H,2-9H2,1H3,(H,17,18,19). The van der Waals surface area contributed by atoms with Crippen LogP contribution >= 0.6 is 11.6 Å². The van der Waals surface area contributed by atoms with E-state index in [4.69, 9.17) is 11.6 Å². The fourth-order valence-electron chi connectivity index (χ4n) is 2.68. The van der Waals surface area contributed by atoms with Gasteiger partial charge in [0, 0.05) is 25.1 Å². The molecule has 0 atom stereocenters. The Labute approximate surface area is 125 Å². The average Bonchev–Trinajstić information content (AvgIpc) is 3.25. The minimum Gasteiger partial charge on any atom is -0.369 e. The number of aromatic nitrogens is 2. The zero-order chi connectivity index (χ0) is 13.9. The van der Waals surface area contributed by atoms with E-state index in [9.17, 15) is 0 Å². The smallest absolute Gasteiger partial charge is 0.135 e. The lowest BCUT2D eigenvalue weighted by molar-refractivity contribution is 0.199. The predicted molar refractivity (Wildman–Crippen MR) is 82.3 cm³/mol. The van der Waals surface area contributed by atoms with Crippen LogP contribution in [-0.4, -0.2) is 41.0 Å². The molecule has 1 N–H and O–H groups in total. The summed E-state index contributed by atoms with van der Waals surface area (Å²) < 4.78 is 0. The Morgan fingerprint density at radius 2 is 2.00 bits per heavy atom. The molecule has 5 heteroatoms. The van der Waals surface area contributed by atoms with Crippen molar-refractivity contribution in [1.29, 1.82) is 0 Å². The molecule has 1 saturated heterocycles. The summed E-state index contributed by atoms with van der Waals surface area (Å²) in [6.45, 7) is 6.79. The van der Waals surface area contributed by atoms with Crippen LogP contribution < -0.4 is 5.32 Å². The maximum absolute atomic E-state index is 6.06. The molecule has 20 heavy (non-hydrogen) atoms. The Morgan fingerprint density at radius 1 is 1.25 bits per heavy atom. The van der Waals surface area contributed by atoms with Gasteiger partial charge in [-0.1, -0.05) is 18.5 Å². The van der Waals surface area contributed by atoms with Gasteiger partial charge in [-0.25, -0.2) is 9.97 Å². The van der Waals surface area contributed by atoms with Gasteiger partial charge in [-0.15, -0.1) is 0 Å². The average molecular weight is 295 g/mol. The zero-order valence-corrected chi connectivity index (χ0v) is 12.9. The molecule has 1 saturated carbocycles. The van der Waals surface area contributed by atoms with Gasteiger partial charge in [0.1, 0.15) is 16.8 Å². The summed E-state index contributed by atoms with van der Waals surface area (Å²) >= 11 is 6.06. The van der Waals surface area contributed by atoms with Crippen molar-refractivity contribution in [3.63, 3.8) is 0 Å². The van der Waals surface area contributed by atoms with Gasteiger partial charge in [-0.05, 0) is 44.7 Å². The van der Waals surface area contributed by atoms with Crippen LogP contribution in [0.4, 0.5) is 5.82 Å². The summed E-state index contributed by atoms with van der Waals surface area (Å²) in [4.78, 5) is 11.4. The molecule has 1 aliphatic heterocycles. The number of piperidine rings is 1. The fraction of sp³-hybridized carbons (Fsp3) is 0.733. The fourth-order valence-corrected chi connectivity index (χ4v) is 2.87. The summed E-state index contributed by atoms with van der Waals surface area (Å²) in [5, 5.41) is 3.94. The Morgan fingerprint density at radius 3 is 2.70 bits per heavy atom. The van der Waals surface area contributed by atoms with Crippen LogP contribution in [0.1, 0.15) is 44.3 Å². The van der Waals surface area contributed by atoms with E-state index in [-0.39, 0.29) is 0 Å². The lowest BCUT2D eigenvalue weighted by Gasteiger charge is -2.30. The lowest BCUT2D eigenvalue weighted by atomic mass is 9.99.